The molecule has 0 saturated carbocycles. The standard InChI is InChI=1S/C16H15NO2/c1-17-16(12-4-8-14(18-2)9-5-12)13-6-10-15(19-3)11-7-13/h4-11,16H,2-3H3. The van der Waals surface area contributed by atoms with Gasteiger partial charge in [-0.2, -0.15) is 0 Å². The number of hydrogen-bond acceptors (Lipinski definition) is 2. The van der Waals surface area contributed by atoms with Gasteiger partial charge in [0.25, 0.3) is 6.04 Å². The number of rotatable bonds is 4. The number of methoxy groups -OCH3 is 2. The van der Waals surface area contributed by atoms with Gasteiger partial charge in [-0.15, -0.1) is 0 Å². The van der Waals surface area contributed by atoms with Gasteiger partial charge in [0.15, 0.2) is 0 Å². The Balaban J connectivity index is 2.30. The molecule has 3 heteroatoms. The molecule has 2 aromatic carbocycles. The van der Waals surface area contributed by atoms with E-state index < -0.39 is 0 Å². The van der Waals surface area contributed by atoms with Crippen molar-refractivity contribution in [3.05, 3.63) is 71.1 Å². The van der Waals surface area contributed by atoms with E-state index in [0.29, 0.717) is 0 Å². The highest BCUT2D eigenvalue weighted by atomic mass is 16.5. The quantitative estimate of drug-likeness (QED) is 0.775. The van der Waals surface area contributed by atoms with Crippen molar-refractivity contribution in [2.75, 3.05) is 14.2 Å². The summed E-state index contributed by atoms with van der Waals surface area (Å²) in [6.07, 6.45) is 0. The molecule has 0 amide bonds. The molecule has 0 aliphatic carbocycles. The van der Waals surface area contributed by atoms with Gasteiger partial charge in [0.2, 0.25) is 0 Å². The summed E-state index contributed by atoms with van der Waals surface area (Å²) in [7, 11) is 3.26. The Morgan fingerprint density at radius 3 is 1.42 bits per heavy atom. The fourth-order valence-corrected chi connectivity index (χ4v) is 1.91. The Bertz CT molecular complexity index is 520. The van der Waals surface area contributed by atoms with Crippen molar-refractivity contribution in [1.29, 1.82) is 0 Å². The maximum atomic E-state index is 7.39. The van der Waals surface area contributed by atoms with Crippen molar-refractivity contribution in [3.8, 4) is 11.5 Å². The minimum atomic E-state index is -0.295. The Morgan fingerprint density at radius 2 is 1.16 bits per heavy atom. The van der Waals surface area contributed by atoms with Gasteiger partial charge in [-0.25, -0.2) is 6.57 Å². The van der Waals surface area contributed by atoms with Crippen LogP contribution in [0.3, 0.4) is 0 Å². The van der Waals surface area contributed by atoms with E-state index in [1.165, 1.54) is 0 Å². The number of benzene rings is 2. The topological polar surface area (TPSA) is 22.8 Å². The monoisotopic (exact) mass is 253 g/mol. The molecule has 0 aromatic heterocycles. The molecule has 0 radical (unpaired) electrons. The van der Waals surface area contributed by atoms with Crippen LogP contribution < -0.4 is 9.47 Å². The van der Waals surface area contributed by atoms with Crippen molar-refractivity contribution in [1.82, 2.24) is 0 Å². The molecule has 0 saturated heterocycles. The lowest BCUT2D eigenvalue weighted by Gasteiger charge is -2.08. The van der Waals surface area contributed by atoms with Crippen LogP contribution in [0.4, 0.5) is 0 Å². The third-order valence-corrected chi connectivity index (χ3v) is 2.99. The molecule has 0 unspecified atom stereocenters. The van der Waals surface area contributed by atoms with E-state index in [9.17, 15) is 0 Å². The maximum Gasteiger partial charge on any atom is 0.273 e. The zero-order chi connectivity index (χ0) is 13.7. The molecular formula is C16H15NO2. The van der Waals surface area contributed by atoms with Gasteiger partial charge in [0, 0.05) is 11.1 Å². The van der Waals surface area contributed by atoms with E-state index in [1.807, 2.05) is 48.5 Å². The Hall–Kier alpha value is -2.47. The fraction of sp³-hybridized carbons (Fsp3) is 0.188. The molecule has 0 heterocycles. The molecule has 0 aliphatic rings. The minimum absolute atomic E-state index is 0.295. The van der Waals surface area contributed by atoms with Crippen LogP contribution in [0.2, 0.25) is 0 Å². The van der Waals surface area contributed by atoms with Crippen LogP contribution in [0.25, 0.3) is 4.85 Å². The molecule has 0 aliphatic heterocycles. The number of hydrogen-bond donors (Lipinski definition) is 0. The second kappa shape index (κ2) is 5.92. The van der Waals surface area contributed by atoms with Crippen LogP contribution in [0.1, 0.15) is 17.2 Å². The summed E-state index contributed by atoms with van der Waals surface area (Å²) in [6.45, 7) is 7.39. The van der Waals surface area contributed by atoms with Crippen LogP contribution in [0.15, 0.2) is 48.5 Å². The molecular weight excluding hydrogens is 238 g/mol. The summed E-state index contributed by atoms with van der Waals surface area (Å²) in [5.41, 5.74) is 1.92. The van der Waals surface area contributed by atoms with Crippen molar-refractivity contribution in [2.45, 2.75) is 6.04 Å². The van der Waals surface area contributed by atoms with Crippen LogP contribution in [0, 0.1) is 6.57 Å². The Labute approximate surface area is 113 Å². The van der Waals surface area contributed by atoms with E-state index in [1.54, 1.807) is 14.2 Å². The van der Waals surface area contributed by atoms with Crippen molar-refractivity contribution in [3.63, 3.8) is 0 Å². The third kappa shape index (κ3) is 2.86. The van der Waals surface area contributed by atoms with E-state index in [4.69, 9.17) is 16.0 Å². The fourth-order valence-electron chi connectivity index (χ4n) is 1.91. The van der Waals surface area contributed by atoms with Crippen molar-refractivity contribution in [2.24, 2.45) is 0 Å². The molecule has 0 atom stereocenters. The van der Waals surface area contributed by atoms with Gasteiger partial charge in [-0.05, 0) is 48.5 Å². The highest BCUT2D eigenvalue weighted by Crippen LogP contribution is 2.28. The van der Waals surface area contributed by atoms with Crippen LogP contribution in [-0.4, -0.2) is 14.2 Å². The van der Waals surface area contributed by atoms with Crippen LogP contribution in [-0.2, 0) is 0 Å². The van der Waals surface area contributed by atoms with Crippen molar-refractivity contribution >= 4 is 0 Å². The van der Waals surface area contributed by atoms with E-state index in [-0.39, 0.29) is 6.04 Å². The normalized spacial score (nSPS) is 10.0. The lowest BCUT2D eigenvalue weighted by atomic mass is 9.99. The summed E-state index contributed by atoms with van der Waals surface area (Å²) in [6, 6.07) is 14.9. The van der Waals surface area contributed by atoms with E-state index >= 15 is 0 Å². The third-order valence-electron chi connectivity index (χ3n) is 2.99. The Morgan fingerprint density at radius 1 is 0.789 bits per heavy atom. The average molecular weight is 253 g/mol. The molecule has 0 spiro atoms. The first-order valence-corrected chi connectivity index (χ1v) is 5.93. The van der Waals surface area contributed by atoms with Gasteiger partial charge in [0.05, 0.1) is 14.2 Å². The molecule has 2 aromatic rings. The second-order valence-electron chi connectivity index (χ2n) is 4.08. The largest absolute Gasteiger partial charge is 0.497 e. The minimum Gasteiger partial charge on any atom is -0.497 e. The molecule has 19 heavy (non-hydrogen) atoms. The van der Waals surface area contributed by atoms with E-state index in [0.717, 1.165) is 22.6 Å². The summed E-state index contributed by atoms with van der Waals surface area (Å²) in [5.74, 6) is 1.59. The first kappa shape index (κ1) is 13.0. The van der Waals surface area contributed by atoms with Crippen LogP contribution >= 0.6 is 0 Å². The number of ether oxygens (including phenoxy) is 2. The molecule has 3 nitrogen and oxygen atoms in total. The molecule has 0 fully saturated rings. The highest BCUT2D eigenvalue weighted by molar-refractivity contribution is 5.39. The highest BCUT2D eigenvalue weighted by Gasteiger charge is 2.18. The van der Waals surface area contributed by atoms with Gasteiger partial charge < -0.3 is 14.3 Å². The second-order valence-corrected chi connectivity index (χ2v) is 4.08. The maximum absolute atomic E-state index is 7.39. The van der Waals surface area contributed by atoms with Crippen LogP contribution in [0.5, 0.6) is 11.5 Å². The molecule has 0 bridgehead atoms. The Kier molecular flexibility index (Phi) is 4.04. The summed E-state index contributed by atoms with van der Waals surface area (Å²) < 4.78 is 10.2. The van der Waals surface area contributed by atoms with Crippen molar-refractivity contribution < 1.29 is 9.47 Å². The summed E-state index contributed by atoms with van der Waals surface area (Å²) in [5, 5.41) is 0. The molecule has 2 rings (SSSR count). The lowest BCUT2D eigenvalue weighted by molar-refractivity contribution is 0.414. The summed E-state index contributed by atoms with van der Waals surface area (Å²) in [4.78, 5) is 3.71. The van der Waals surface area contributed by atoms with Gasteiger partial charge in [0.1, 0.15) is 11.5 Å². The summed E-state index contributed by atoms with van der Waals surface area (Å²) >= 11 is 0. The predicted octanol–water partition coefficient (Wildman–Crippen LogP) is 3.71. The van der Waals surface area contributed by atoms with Gasteiger partial charge in [-0.3, -0.25) is 0 Å². The van der Waals surface area contributed by atoms with Gasteiger partial charge in [-0.1, -0.05) is 0 Å². The number of nitrogens with zero attached hydrogens (tertiary/aromatic N) is 1. The molecule has 96 valence electrons. The smallest absolute Gasteiger partial charge is 0.273 e. The predicted molar refractivity (Wildman–Crippen MR) is 74.4 cm³/mol. The lowest BCUT2D eigenvalue weighted by Crippen LogP contribution is -1.96. The van der Waals surface area contributed by atoms with E-state index in [2.05, 4.69) is 4.85 Å². The first-order chi connectivity index (χ1) is 9.28. The first-order valence-electron chi connectivity index (χ1n) is 5.93. The molecule has 0 N–H and O–H groups in total. The average Bonchev–Trinajstić information content (AvgIpc) is 2.49. The zero-order valence-corrected chi connectivity index (χ0v) is 11.0. The zero-order valence-electron chi connectivity index (χ0n) is 11.0. The van der Waals surface area contributed by atoms with Gasteiger partial charge >= 0.3 is 0 Å². The SMILES string of the molecule is [C-]#[N+]C(c1ccc(OC)cc1)c1ccc(OC)cc1.